The van der Waals surface area contributed by atoms with Crippen molar-refractivity contribution < 1.29 is 23.8 Å². The lowest BCUT2D eigenvalue weighted by Crippen LogP contribution is -2.83. The van der Waals surface area contributed by atoms with Gasteiger partial charge in [0.25, 0.3) is 0 Å². The number of ether oxygens (including phenoxy) is 2. The number of carbonyl (C=O) groups excluding carboxylic acids is 1. The van der Waals surface area contributed by atoms with Gasteiger partial charge >= 0.3 is 0 Å². The summed E-state index contributed by atoms with van der Waals surface area (Å²) in [5.41, 5.74) is -1.66. The second-order valence-corrected chi connectivity index (χ2v) is 18.0. The Hall–Kier alpha value is -0.273. The molecule has 31 heavy (non-hydrogen) atoms. The molecule has 8 aliphatic rings. The SMILES string of the molecule is CC(C)(C)[Si](C)(C)O[C@@H]1[C@H]2C[C@H]3C[C@@H]4[C@]2(CC[C@]12C(=O)CCC[C@]42O)CC31OCCO1. The van der Waals surface area contributed by atoms with Crippen LogP contribution in [0.1, 0.15) is 72.1 Å². The third-order valence-corrected chi connectivity index (χ3v) is 15.8. The van der Waals surface area contributed by atoms with E-state index in [2.05, 4.69) is 33.9 Å². The summed E-state index contributed by atoms with van der Waals surface area (Å²) in [7, 11) is -2.13. The Morgan fingerprint density at radius 1 is 1.10 bits per heavy atom. The predicted octanol–water partition coefficient (Wildman–Crippen LogP) is 4.43. The van der Waals surface area contributed by atoms with Crippen LogP contribution in [0.4, 0.5) is 0 Å². The van der Waals surface area contributed by atoms with Crippen LogP contribution >= 0.6 is 0 Å². The lowest BCUT2D eigenvalue weighted by Gasteiger charge is -2.78. The van der Waals surface area contributed by atoms with E-state index in [9.17, 15) is 9.90 Å². The van der Waals surface area contributed by atoms with E-state index in [-0.39, 0.29) is 28.3 Å². The van der Waals surface area contributed by atoms with Crippen LogP contribution in [0, 0.1) is 28.6 Å². The Bertz CT molecular complexity index is 813. The predicted molar refractivity (Wildman–Crippen MR) is 119 cm³/mol. The molecule has 174 valence electrons. The van der Waals surface area contributed by atoms with Crippen molar-refractivity contribution in [3.63, 3.8) is 0 Å². The number of rotatable bonds is 2. The molecule has 1 saturated heterocycles. The van der Waals surface area contributed by atoms with Gasteiger partial charge in [0, 0.05) is 18.8 Å². The van der Waals surface area contributed by atoms with Gasteiger partial charge in [0.1, 0.15) is 5.78 Å². The summed E-state index contributed by atoms with van der Waals surface area (Å²) >= 11 is 0. The first kappa shape index (κ1) is 21.3. The molecule has 8 rings (SSSR count). The molecule has 7 saturated carbocycles. The number of hydrogen-bond donors (Lipinski definition) is 1. The van der Waals surface area contributed by atoms with Crippen LogP contribution in [0.2, 0.25) is 18.1 Å². The minimum Gasteiger partial charge on any atom is -0.413 e. The van der Waals surface area contributed by atoms with Gasteiger partial charge in [-0.25, -0.2) is 0 Å². The Balaban J connectivity index is 1.50. The smallest absolute Gasteiger partial charge is 0.192 e. The van der Waals surface area contributed by atoms with Gasteiger partial charge in [-0.05, 0) is 73.9 Å². The minimum absolute atomic E-state index is 0.0275. The van der Waals surface area contributed by atoms with Crippen LogP contribution < -0.4 is 0 Å². The molecule has 7 aliphatic carbocycles. The van der Waals surface area contributed by atoms with Crippen molar-refractivity contribution in [3.8, 4) is 0 Å². The van der Waals surface area contributed by atoms with Gasteiger partial charge in [-0.1, -0.05) is 20.8 Å². The molecule has 7 atom stereocenters. The molecule has 3 spiro atoms. The topological polar surface area (TPSA) is 65.0 Å². The van der Waals surface area contributed by atoms with Crippen LogP contribution in [0.5, 0.6) is 0 Å². The Labute approximate surface area is 187 Å². The van der Waals surface area contributed by atoms with E-state index >= 15 is 0 Å². The largest absolute Gasteiger partial charge is 0.413 e. The van der Waals surface area contributed by atoms with Crippen molar-refractivity contribution in [2.24, 2.45) is 28.6 Å². The molecule has 8 fully saturated rings. The molecule has 0 radical (unpaired) electrons. The van der Waals surface area contributed by atoms with Crippen molar-refractivity contribution >= 4 is 14.1 Å². The highest BCUT2D eigenvalue weighted by atomic mass is 28.4. The average Bonchev–Trinajstić information content (AvgIpc) is 3.13. The number of aliphatic hydroxyl groups is 1. The zero-order valence-electron chi connectivity index (χ0n) is 20.0. The summed E-state index contributed by atoms with van der Waals surface area (Å²) in [5, 5.41) is 12.6. The number of carbonyl (C=O) groups is 1. The molecule has 6 heteroatoms. The lowest BCUT2D eigenvalue weighted by atomic mass is 9.29. The zero-order valence-corrected chi connectivity index (χ0v) is 21.0. The highest BCUT2D eigenvalue weighted by Gasteiger charge is 2.83. The maximum Gasteiger partial charge on any atom is 0.192 e. The highest BCUT2D eigenvalue weighted by molar-refractivity contribution is 6.74. The highest BCUT2D eigenvalue weighted by Crippen LogP contribution is 2.79. The number of Topliss-reactive ketones (excluding diaryl/α,β-unsaturated/α-hetero) is 1. The van der Waals surface area contributed by atoms with Gasteiger partial charge < -0.3 is 19.0 Å². The van der Waals surface area contributed by atoms with E-state index in [4.69, 9.17) is 13.9 Å². The van der Waals surface area contributed by atoms with Crippen molar-refractivity contribution in [3.05, 3.63) is 0 Å². The van der Waals surface area contributed by atoms with E-state index in [1.807, 2.05) is 0 Å². The molecular formula is C25H40O5Si. The fourth-order valence-corrected chi connectivity index (χ4v) is 10.4. The molecular weight excluding hydrogens is 408 g/mol. The fraction of sp³-hybridized carbons (Fsp3) is 0.960. The number of hydrogen-bond acceptors (Lipinski definition) is 5. The van der Waals surface area contributed by atoms with Gasteiger partial charge in [0.2, 0.25) is 0 Å². The molecule has 1 heterocycles. The summed E-state index contributed by atoms with van der Waals surface area (Å²) in [5.74, 6) is 0.644. The van der Waals surface area contributed by atoms with E-state index in [0.29, 0.717) is 31.5 Å². The van der Waals surface area contributed by atoms with Crippen molar-refractivity contribution in [2.75, 3.05) is 13.2 Å². The number of ketones is 1. The van der Waals surface area contributed by atoms with Crippen LogP contribution in [0.3, 0.4) is 0 Å². The molecule has 0 aromatic heterocycles. The molecule has 0 unspecified atom stereocenters. The first-order valence-electron chi connectivity index (χ1n) is 12.6. The molecule has 1 N–H and O–H groups in total. The normalized spacial score (nSPS) is 50.2. The maximum atomic E-state index is 13.8. The summed E-state index contributed by atoms with van der Waals surface area (Å²) in [6.07, 6.45) is 6.62. The minimum atomic E-state index is -2.13. The fourth-order valence-electron chi connectivity index (χ4n) is 9.03. The average molecular weight is 449 g/mol. The van der Waals surface area contributed by atoms with Crippen LogP contribution in [0.25, 0.3) is 0 Å². The third-order valence-electron chi connectivity index (χ3n) is 11.3. The van der Waals surface area contributed by atoms with Crippen LogP contribution in [-0.4, -0.2) is 49.9 Å². The van der Waals surface area contributed by atoms with E-state index in [1.165, 1.54) is 0 Å². The molecule has 1 aliphatic heterocycles. The zero-order chi connectivity index (χ0) is 22.1. The monoisotopic (exact) mass is 448 g/mol. The van der Waals surface area contributed by atoms with Gasteiger partial charge in [-0.15, -0.1) is 0 Å². The molecule has 0 aromatic rings. The standard InChI is InChI=1S/C25H40O5Si/c1-21(2,3)31(4,5)30-20-17-13-16-14-18-22(17,15-25(16)28-11-12-29-25)9-10-23(20)19(26)7-6-8-24(18,23)27/h16-18,20,27H,6-15H2,1-5H3/t16-,17+,18+,20+,22+,23-,24-/m0/s1. The van der Waals surface area contributed by atoms with Gasteiger partial charge in [0.15, 0.2) is 14.1 Å². The van der Waals surface area contributed by atoms with Gasteiger partial charge in [-0.2, -0.15) is 0 Å². The lowest BCUT2D eigenvalue weighted by molar-refractivity contribution is -0.380. The Morgan fingerprint density at radius 3 is 2.48 bits per heavy atom. The van der Waals surface area contributed by atoms with Gasteiger partial charge in [0.05, 0.1) is 30.3 Å². The maximum absolute atomic E-state index is 13.8. The Morgan fingerprint density at radius 2 is 1.81 bits per heavy atom. The number of fused-ring (bicyclic) bond motifs is 1. The second-order valence-electron chi connectivity index (χ2n) is 13.2. The summed E-state index contributed by atoms with van der Waals surface area (Å²) in [6.45, 7) is 12.8. The molecule has 5 nitrogen and oxygen atoms in total. The van der Waals surface area contributed by atoms with E-state index < -0.39 is 25.1 Å². The van der Waals surface area contributed by atoms with Crippen LogP contribution in [-0.2, 0) is 18.7 Å². The van der Waals surface area contributed by atoms with Crippen molar-refractivity contribution in [2.45, 2.75) is 108 Å². The molecule has 0 aromatic carbocycles. The summed E-state index contributed by atoms with van der Waals surface area (Å²) in [4.78, 5) is 13.8. The van der Waals surface area contributed by atoms with Crippen LogP contribution in [0.15, 0.2) is 0 Å². The van der Waals surface area contributed by atoms with E-state index in [1.54, 1.807) is 0 Å². The molecule has 0 amide bonds. The van der Waals surface area contributed by atoms with Crippen molar-refractivity contribution in [1.29, 1.82) is 0 Å². The second kappa shape index (κ2) is 6.04. The Kier molecular flexibility index (Phi) is 4.15. The first-order chi connectivity index (χ1) is 14.4. The van der Waals surface area contributed by atoms with E-state index in [0.717, 1.165) is 44.9 Å². The quantitative estimate of drug-likeness (QED) is 0.633. The third kappa shape index (κ3) is 2.30. The van der Waals surface area contributed by atoms with Crippen molar-refractivity contribution in [1.82, 2.24) is 0 Å². The summed E-state index contributed by atoms with van der Waals surface area (Å²) in [6, 6.07) is 0. The first-order valence-corrected chi connectivity index (χ1v) is 15.5. The molecule has 5 bridgehead atoms. The summed E-state index contributed by atoms with van der Waals surface area (Å²) < 4.78 is 19.8. The van der Waals surface area contributed by atoms with Gasteiger partial charge in [-0.3, -0.25) is 4.79 Å².